The standard InChI is InChI=1S/C27H31FN3O6P/c1-18(32)23-16-30(24-11-10-21(14-22(23)24)38(35,36)37)17-26(33)31-15-20(28)13-25(31)27(34)29-12-6-5-9-19-7-3-2-4-8-19/h2-4,7-8,10-11,14,16,20,25H,5-6,9,12-13,15,17H2,1H3,(H,29,34)(H2,35,36,37)/t20-,25+/m1/s1. The molecule has 0 unspecified atom stereocenters. The molecule has 9 nitrogen and oxygen atoms in total. The van der Waals surface area contributed by atoms with Gasteiger partial charge >= 0.3 is 7.60 Å². The maximum absolute atomic E-state index is 14.3. The molecule has 2 amide bonds. The summed E-state index contributed by atoms with van der Waals surface area (Å²) in [5.74, 6) is -1.22. The van der Waals surface area contributed by atoms with Gasteiger partial charge in [0.05, 0.1) is 11.8 Å². The molecule has 38 heavy (non-hydrogen) atoms. The third kappa shape index (κ3) is 6.38. The maximum atomic E-state index is 14.3. The number of nitrogens with zero attached hydrogens (tertiary/aromatic N) is 2. The topological polar surface area (TPSA) is 129 Å². The number of ketones is 1. The van der Waals surface area contributed by atoms with E-state index < -0.39 is 31.6 Å². The Labute approximate surface area is 219 Å². The summed E-state index contributed by atoms with van der Waals surface area (Å²) >= 11 is 0. The number of aryl methyl sites for hydroxylation is 1. The Bertz CT molecular complexity index is 1390. The number of carbonyl (C=O) groups is 3. The summed E-state index contributed by atoms with van der Waals surface area (Å²) in [6, 6.07) is 13.0. The Balaban J connectivity index is 1.42. The molecule has 1 fully saturated rings. The van der Waals surface area contributed by atoms with Crippen LogP contribution in [0.25, 0.3) is 10.9 Å². The summed E-state index contributed by atoms with van der Waals surface area (Å²) in [7, 11) is -4.55. The van der Waals surface area contributed by atoms with Crippen LogP contribution in [-0.2, 0) is 27.1 Å². The van der Waals surface area contributed by atoms with E-state index in [1.807, 2.05) is 30.3 Å². The van der Waals surface area contributed by atoms with Crippen LogP contribution in [0.3, 0.4) is 0 Å². The monoisotopic (exact) mass is 543 g/mol. The van der Waals surface area contributed by atoms with Gasteiger partial charge in [0.2, 0.25) is 11.8 Å². The Kier molecular flexibility index (Phi) is 8.45. The molecule has 1 aromatic heterocycles. The Morgan fingerprint density at radius 1 is 1.11 bits per heavy atom. The molecule has 3 aromatic rings. The fourth-order valence-corrected chi connectivity index (χ4v) is 5.42. The van der Waals surface area contributed by atoms with E-state index in [-0.39, 0.29) is 36.2 Å². The van der Waals surface area contributed by atoms with E-state index in [0.717, 1.165) is 19.3 Å². The molecule has 0 bridgehead atoms. The first-order valence-corrected chi connectivity index (χ1v) is 14.1. The van der Waals surface area contributed by atoms with Crippen LogP contribution in [0.1, 0.15) is 42.1 Å². The summed E-state index contributed by atoms with van der Waals surface area (Å²) in [5, 5.41) is 2.89. The molecular formula is C27H31FN3O6P. The van der Waals surface area contributed by atoms with E-state index in [4.69, 9.17) is 0 Å². The number of likely N-dealkylation sites (tertiary alicyclic amines) is 1. The van der Waals surface area contributed by atoms with Gasteiger partial charge in [0.15, 0.2) is 5.78 Å². The van der Waals surface area contributed by atoms with Crippen molar-refractivity contribution in [2.45, 2.75) is 51.4 Å². The summed E-state index contributed by atoms with van der Waals surface area (Å²) in [4.78, 5) is 58.5. The molecule has 2 aromatic carbocycles. The van der Waals surface area contributed by atoms with Crippen molar-refractivity contribution in [1.29, 1.82) is 0 Å². The normalized spacial score (nSPS) is 17.6. The van der Waals surface area contributed by atoms with Crippen molar-refractivity contribution in [3.05, 3.63) is 65.9 Å². The van der Waals surface area contributed by atoms with Crippen LogP contribution < -0.4 is 10.6 Å². The first-order chi connectivity index (χ1) is 18.0. The van der Waals surface area contributed by atoms with Gasteiger partial charge in [-0.3, -0.25) is 18.9 Å². The van der Waals surface area contributed by atoms with E-state index in [0.29, 0.717) is 17.4 Å². The second kappa shape index (κ2) is 11.6. The van der Waals surface area contributed by atoms with Crippen LogP contribution in [0.5, 0.6) is 0 Å². The van der Waals surface area contributed by atoms with Crippen molar-refractivity contribution in [2.24, 2.45) is 0 Å². The highest BCUT2D eigenvalue weighted by Gasteiger charge is 2.39. The van der Waals surface area contributed by atoms with Gasteiger partial charge < -0.3 is 24.6 Å². The number of benzene rings is 2. The minimum absolute atomic E-state index is 0.0850. The molecule has 2 heterocycles. The number of unbranched alkanes of at least 4 members (excludes halogenated alkanes) is 1. The van der Waals surface area contributed by atoms with Gasteiger partial charge in [-0.15, -0.1) is 0 Å². The third-order valence-electron chi connectivity index (χ3n) is 6.79. The summed E-state index contributed by atoms with van der Waals surface area (Å²) in [6.45, 7) is 1.28. The zero-order chi connectivity index (χ0) is 27.4. The number of rotatable bonds is 10. The van der Waals surface area contributed by atoms with Crippen LogP contribution in [0.15, 0.2) is 54.7 Å². The predicted molar refractivity (Wildman–Crippen MR) is 141 cm³/mol. The molecule has 4 rings (SSSR count). The first-order valence-electron chi connectivity index (χ1n) is 12.5. The van der Waals surface area contributed by atoms with Crippen LogP contribution in [0.2, 0.25) is 0 Å². The highest BCUT2D eigenvalue weighted by Crippen LogP contribution is 2.35. The van der Waals surface area contributed by atoms with E-state index in [9.17, 15) is 33.1 Å². The molecule has 0 saturated carbocycles. The van der Waals surface area contributed by atoms with E-state index in [2.05, 4.69) is 5.32 Å². The predicted octanol–water partition coefficient (Wildman–Crippen LogP) is 2.73. The lowest BCUT2D eigenvalue weighted by atomic mass is 10.1. The van der Waals surface area contributed by atoms with E-state index >= 15 is 0 Å². The molecule has 1 aliphatic heterocycles. The second-order valence-electron chi connectivity index (χ2n) is 9.60. The van der Waals surface area contributed by atoms with Crippen molar-refractivity contribution < 1.29 is 33.1 Å². The third-order valence-corrected chi connectivity index (χ3v) is 7.74. The lowest BCUT2D eigenvalue weighted by molar-refractivity contribution is -0.138. The minimum Gasteiger partial charge on any atom is -0.354 e. The molecule has 3 N–H and O–H groups in total. The molecule has 202 valence electrons. The Morgan fingerprint density at radius 3 is 2.53 bits per heavy atom. The van der Waals surface area contributed by atoms with Gasteiger partial charge in [-0.05, 0) is 49.9 Å². The quantitative estimate of drug-likeness (QED) is 0.205. The van der Waals surface area contributed by atoms with Gasteiger partial charge in [0.25, 0.3) is 0 Å². The van der Waals surface area contributed by atoms with Crippen molar-refractivity contribution in [3.8, 4) is 0 Å². The van der Waals surface area contributed by atoms with Crippen molar-refractivity contribution in [1.82, 2.24) is 14.8 Å². The molecule has 1 saturated heterocycles. The Hall–Kier alpha value is -3.33. The van der Waals surface area contributed by atoms with Crippen molar-refractivity contribution >= 4 is 41.4 Å². The Morgan fingerprint density at radius 2 is 1.84 bits per heavy atom. The second-order valence-corrected chi connectivity index (χ2v) is 11.2. The number of halogens is 1. The maximum Gasteiger partial charge on any atom is 0.356 e. The molecule has 0 radical (unpaired) electrons. The molecular weight excluding hydrogens is 512 g/mol. The number of aromatic nitrogens is 1. The average molecular weight is 544 g/mol. The van der Waals surface area contributed by atoms with E-state index in [1.54, 1.807) is 0 Å². The molecule has 2 atom stereocenters. The fraction of sp³-hybridized carbons (Fsp3) is 0.370. The minimum atomic E-state index is -4.55. The number of fused-ring (bicyclic) bond motifs is 1. The number of nitrogens with one attached hydrogen (secondary N) is 1. The number of amides is 2. The highest BCUT2D eigenvalue weighted by atomic mass is 31.2. The molecule has 11 heteroatoms. The van der Waals surface area contributed by atoms with Gasteiger partial charge in [-0.25, -0.2) is 4.39 Å². The van der Waals surface area contributed by atoms with Crippen LogP contribution in [0, 0.1) is 0 Å². The average Bonchev–Trinajstić information content (AvgIpc) is 3.44. The smallest absolute Gasteiger partial charge is 0.354 e. The van der Waals surface area contributed by atoms with Crippen molar-refractivity contribution in [3.63, 3.8) is 0 Å². The van der Waals surface area contributed by atoms with Crippen LogP contribution in [-0.4, -0.2) is 62.2 Å². The van der Waals surface area contributed by atoms with Crippen LogP contribution >= 0.6 is 7.60 Å². The number of alkyl halides is 1. The summed E-state index contributed by atoms with van der Waals surface area (Å²) in [5.41, 5.74) is 1.85. The summed E-state index contributed by atoms with van der Waals surface area (Å²) < 4.78 is 27.5. The number of carbonyl (C=O) groups excluding carboxylic acids is 3. The van der Waals surface area contributed by atoms with E-state index in [1.165, 1.54) is 46.4 Å². The van der Waals surface area contributed by atoms with Gasteiger partial charge in [-0.1, -0.05) is 30.3 Å². The lowest BCUT2D eigenvalue weighted by Gasteiger charge is -2.24. The zero-order valence-electron chi connectivity index (χ0n) is 21.0. The molecule has 0 aliphatic carbocycles. The lowest BCUT2D eigenvalue weighted by Crippen LogP contribution is -2.47. The van der Waals surface area contributed by atoms with Crippen LogP contribution in [0.4, 0.5) is 4.39 Å². The number of hydrogen-bond donors (Lipinski definition) is 3. The first kappa shape index (κ1) is 27.7. The van der Waals surface area contributed by atoms with Gasteiger partial charge in [-0.2, -0.15) is 0 Å². The SMILES string of the molecule is CC(=O)c1cn(CC(=O)N2C[C@H](F)C[C@H]2C(=O)NCCCCc2ccccc2)c2ccc(P(=O)(O)O)cc12. The number of Topliss-reactive ketones (excluding diaryl/α,β-unsaturated/α-hetero) is 1. The summed E-state index contributed by atoms with van der Waals surface area (Å²) in [6.07, 6.45) is 2.55. The molecule has 1 aliphatic rings. The van der Waals surface area contributed by atoms with Gasteiger partial charge in [0, 0.05) is 35.6 Å². The highest BCUT2D eigenvalue weighted by molar-refractivity contribution is 7.60. The van der Waals surface area contributed by atoms with Gasteiger partial charge in [0.1, 0.15) is 18.8 Å². The zero-order valence-corrected chi connectivity index (χ0v) is 21.9. The fourth-order valence-electron chi connectivity index (χ4n) is 4.85. The number of hydrogen-bond acceptors (Lipinski definition) is 4. The molecule has 0 spiro atoms. The largest absolute Gasteiger partial charge is 0.356 e. The van der Waals surface area contributed by atoms with Crippen molar-refractivity contribution in [2.75, 3.05) is 13.1 Å².